The van der Waals surface area contributed by atoms with Gasteiger partial charge in [-0.15, -0.1) is 12.4 Å². The minimum absolute atomic E-state index is 0. The van der Waals surface area contributed by atoms with Crippen molar-refractivity contribution in [2.75, 3.05) is 0 Å². The second-order valence-electron chi connectivity index (χ2n) is 0.687. The molecule has 54 valence electrons. The van der Waals surface area contributed by atoms with E-state index in [-0.39, 0.29) is 12.4 Å². The molecule has 0 aliphatic rings. The fourth-order valence-corrected chi connectivity index (χ4v) is 0. The molecule has 5 heteroatoms. The van der Waals surface area contributed by atoms with E-state index >= 15 is 0 Å². The van der Waals surface area contributed by atoms with E-state index in [0.717, 1.165) is 0 Å². The summed E-state index contributed by atoms with van der Waals surface area (Å²) in [6.45, 7) is 4.00. The molecule has 0 amide bonds. The molecular weight excluding hydrogens is 133 g/mol. The molecule has 0 aliphatic heterocycles. The lowest BCUT2D eigenvalue weighted by atomic mass is 11.0. The topological polar surface area (TPSA) is 86.7 Å². The van der Waals surface area contributed by atoms with Crippen LogP contribution in [0.5, 0.6) is 0 Å². The first-order valence-electron chi connectivity index (χ1n) is 1.96. The van der Waals surface area contributed by atoms with Crippen LogP contribution >= 0.6 is 12.4 Å². The lowest BCUT2D eigenvalue weighted by Crippen LogP contribution is -2.38. The molecule has 0 aromatic rings. The summed E-state index contributed by atoms with van der Waals surface area (Å²) in [7, 11) is 0. The van der Waals surface area contributed by atoms with E-state index < -0.39 is 6.10 Å². The molecule has 0 fully saturated rings. The number of nitrogens with two attached hydrogens (primary N) is 1. The summed E-state index contributed by atoms with van der Waals surface area (Å²) in [6.07, 6.45) is -3.00. The third-order valence-corrected chi connectivity index (χ3v) is 0. The van der Waals surface area contributed by atoms with E-state index in [1.54, 1.807) is 0 Å². The highest BCUT2D eigenvalue weighted by atomic mass is 35.5. The van der Waals surface area contributed by atoms with Gasteiger partial charge in [0.25, 0.3) is 0 Å². The van der Waals surface area contributed by atoms with E-state index in [0.29, 0.717) is 0 Å². The molecule has 0 aromatic heterocycles. The first-order chi connectivity index (χ1) is 3.00. The monoisotopic (exact) mass is 145 g/mol. The molecule has 0 radical (unpaired) electrons. The molecule has 0 saturated carbocycles. The van der Waals surface area contributed by atoms with E-state index in [9.17, 15) is 0 Å². The van der Waals surface area contributed by atoms with Gasteiger partial charge < -0.3 is 15.3 Å². The van der Waals surface area contributed by atoms with Crippen molar-refractivity contribution in [3.63, 3.8) is 0 Å². The second-order valence-corrected chi connectivity index (χ2v) is 0.687. The van der Waals surface area contributed by atoms with Crippen LogP contribution in [0.4, 0.5) is 0 Å². The Morgan fingerprint density at radius 1 is 1.12 bits per heavy atom. The van der Waals surface area contributed by atoms with Crippen molar-refractivity contribution >= 4 is 12.4 Å². The molecule has 0 atom stereocenters. The molecule has 0 heterocycles. The summed E-state index contributed by atoms with van der Waals surface area (Å²) < 4.78 is 0. The Bertz CT molecular complexity index is 30.0. The van der Waals surface area contributed by atoms with E-state index in [2.05, 4.69) is 5.73 Å². The Morgan fingerprint density at radius 2 is 1.12 bits per heavy atom. The summed E-state index contributed by atoms with van der Waals surface area (Å²) in [6, 6.07) is 0. The summed E-state index contributed by atoms with van der Waals surface area (Å²) >= 11 is 0. The zero-order valence-electron chi connectivity index (χ0n) is 4.83. The molecule has 0 unspecified atom stereocenters. The lowest BCUT2D eigenvalue weighted by molar-refractivity contribution is -0.306. The predicted molar refractivity (Wildman–Crippen MR) is 32.2 cm³/mol. The SMILES string of the molecule is CC.Cl.NC(O)(O)O. The number of halogens is 1. The van der Waals surface area contributed by atoms with Gasteiger partial charge in [0.2, 0.25) is 0 Å². The van der Waals surface area contributed by atoms with Crippen molar-refractivity contribution in [2.45, 2.75) is 19.9 Å². The average molecular weight is 146 g/mol. The van der Waals surface area contributed by atoms with Gasteiger partial charge in [-0.2, -0.15) is 0 Å². The van der Waals surface area contributed by atoms with Crippen LogP contribution in [-0.2, 0) is 0 Å². The molecule has 4 nitrogen and oxygen atoms in total. The maximum absolute atomic E-state index is 7.41. The van der Waals surface area contributed by atoms with Gasteiger partial charge in [0.05, 0.1) is 0 Å². The zero-order chi connectivity index (χ0) is 6.50. The van der Waals surface area contributed by atoms with Crippen LogP contribution in [0.1, 0.15) is 13.8 Å². The molecular formula is C3H12ClNO3. The van der Waals surface area contributed by atoms with E-state index in [1.807, 2.05) is 13.8 Å². The first kappa shape index (κ1) is 15.7. The van der Waals surface area contributed by atoms with E-state index in [1.165, 1.54) is 0 Å². The Hall–Kier alpha value is 0.130. The Balaban J connectivity index is -0.0000000750. The lowest BCUT2D eigenvalue weighted by Gasteiger charge is -2.01. The zero-order valence-corrected chi connectivity index (χ0v) is 5.64. The summed E-state index contributed by atoms with van der Waals surface area (Å²) in [5, 5.41) is 22.2. The Morgan fingerprint density at radius 3 is 1.12 bits per heavy atom. The van der Waals surface area contributed by atoms with Crippen molar-refractivity contribution in [1.82, 2.24) is 0 Å². The van der Waals surface area contributed by atoms with Gasteiger partial charge in [-0.05, 0) is 0 Å². The third kappa shape index (κ3) is 9550. The molecule has 0 bridgehead atoms. The molecule has 0 rings (SSSR count). The molecule has 0 spiro atoms. The van der Waals surface area contributed by atoms with Gasteiger partial charge >= 0.3 is 6.10 Å². The normalized spacial score (nSPS) is 8.25. The Labute approximate surface area is 54.4 Å². The molecule has 0 aromatic carbocycles. The van der Waals surface area contributed by atoms with Crippen LogP contribution in [-0.4, -0.2) is 21.4 Å². The van der Waals surface area contributed by atoms with Crippen LogP contribution in [0.15, 0.2) is 0 Å². The van der Waals surface area contributed by atoms with Crippen molar-refractivity contribution in [3.05, 3.63) is 0 Å². The van der Waals surface area contributed by atoms with Crippen molar-refractivity contribution in [2.24, 2.45) is 5.73 Å². The van der Waals surface area contributed by atoms with Crippen LogP contribution in [0, 0.1) is 0 Å². The number of aliphatic hydroxyl groups is 3. The maximum Gasteiger partial charge on any atom is 0.340 e. The van der Waals surface area contributed by atoms with Crippen LogP contribution < -0.4 is 5.73 Å². The van der Waals surface area contributed by atoms with Gasteiger partial charge in [-0.3, -0.25) is 5.73 Å². The van der Waals surface area contributed by atoms with Gasteiger partial charge in [-0.25, -0.2) is 0 Å². The fraction of sp³-hybridized carbons (Fsp3) is 1.00. The van der Waals surface area contributed by atoms with E-state index in [4.69, 9.17) is 15.3 Å². The number of hydrogen-bond donors (Lipinski definition) is 4. The minimum atomic E-state index is -3.00. The second kappa shape index (κ2) is 7.13. The molecule has 0 saturated heterocycles. The van der Waals surface area contributed by atoms with Crippen LogP contribution in [0.3, 0.4) is 0 Å². The van der Waals surface area contributed by atoms with Crippen molar-refractivity contribution < 1.29 is 15.3 Å². The highest BCUT2D eigenvalue weighted by molar-refractivity contribution is 5.85. The van der Waals surface area contributed by atoms with Gasteiger partial charge in [0, 0.05) is 0 Å². The van der Waals surface area contributed by atoms with Gasteiger partial charge in [-0.1, -0.05) is 13.8 Å². The summed E-state index contributed by atoms with van der Waals surface area (Å²) in [5.41, 5.74) is 4.02. The van der Waals surface area contributed by atoms with Crippen molar-refractivity contribution in [3.8, 4) is 0 Å². The Kier molecular flexibility index (Phi) is 14.0. The highest BCUT2D eigenvalue weighted by Gasteiger charge is 2.04. The first-order valence-corrected chi connectivity index (χ1v) is 1.96. The maximum atomic E-state index is 7.41. The fourth-order valence-electron chi connectivity index (χ4n) is 0. The van der Waals surface area contributed by atoms with Gasteiger partial charge in [0.1, 0.15) is 0 Å². The van der Waals surface area contributed by atoms with Crippen LogP contribution in [0.25, 0.3) is 0 Å². The largest absolute Gasteiger partial charge is 0.340 e. The number of hydrogen-bond acceptors (Lipinski definition) is 4. The standard InChI is InChI=1S/C2H6.CH5NO3.ClH/c1-2;2-1(3,4)5;/h1-2H3;3-5H,2H2;1H. The smallest absolute Gasteiger partial charge is 0.330 e. The third-order valence-electron chi connectivity index (χ3n) is 0. The van der Waals surface area contributed by atoms with Crippen LogP contribution in [0.2, 0.25) is 0 Å². The summed E-state index contributed by atoms with van der Waals surface area (Å²) in [5.74, 6) is 0. The highest BCUT2D eigenvalue weighted by Crippen LogP contribution is 1.69. The quantitative estimate of drug-likeness (QED) is 0.329. The minimum Gasteiger partial charge on any atom is -0.330 e. The molecule has 8 heavy (non-hydrogen) atoms. The van der Waals surface area contributed by atoms with Gasteiger partial charge in [0.15, 0.2) is 0 Å². The molecule has 5 N–H and O–H groups in total. The summed E-state index contributed by atoms with van der Waals surface area (Å²) in [4.78, 5) is 0. The average Bonchev–Trinajstić information content (AvgIpc) is 1.36. The number of rotatable bonds is 0. The molecule has 0 aliphatic carbocycles. The predicted octanol–water partition coefficient (Wildman–Crippen LogP) is -1.02. The van der Waals surface area contributed by atoms with Crippen molar-refractivity contribution in [1.29, 1.82) is 0 Å².